The van der Waals surface area contributed by atoms with E-state index in [4.69, 9.17) is 22.2 Å². The fraction of sp³-hybridized carbons (Fsp3) is 1.00. The maximum absolute atomic E-state index is 5.85. The standard InChI is InChI=1S/C5H14Cl2Si2/c1-5(8(6)7)9(2,3)4/h5,8H,1-4H3. The highest BCUT2D eigenvalue weighted by Gasteiger charge is 2.28. The van der Waals surface area contributed by atoms with E-state index in [-0.39, 0.29) is 0 Å². The summed E-state index contributed by atoms with van der Waals surface area (Å²) < 4.78 is 0. The van der Waals surface area contributed by atoms with E-state index in [0.717, 1.165) is 0 Å². The van der Waals surface area contributed by atoms with Crippen molar-refractivity contribution in [3.8, 4) is 0 Å². The fourth-order valence-electron chi connectivity index (χ4n) is 0.378. The van der Waals surface area contributed by atoms with Crippen LogP contribution in [0.5, 0.6) is 0 Å². The highest BCUT2D eigenvalue weighted by molar-refractivity contribution is 7.37. The van der Waals surface area contributed by atoms with Crippen molar-refractivity contribution in [1.82, 2.24) is 0 Å². The van der Waals surface area contributed by atoms with Crippen molar-refractivity contribution in [1.29, 1.82) is 0 Å². The van der Waals surface area contributed by atoms with E-state index >= 15 is 0 Å². The average molecular weight is 201 g/mol. The van der Waals surface area contributed by atoms with Gasteiger partial charge >= 0.3 is 0 Å². The van der Waals surface area contributed by atoms with Gasteiger partial charge in [0.1, 0.15) is 0 Å². The fourth-order valence-corrected chi connectivity index (χ4v) is 10.2. The summed E-state index contributed by atoms with van der Waals surface area (Å²) >= 11 is 11.7. The van der Waals surface area contributed by atoms with Gasteiger partial charge in [-0.3, -0.25) is 0 Å². The monoisotopic (exact) mass is 200 g/mol. The van der Waals surface area contributed by atoms with E-state index in [1.807, 2.05) is 0 Å². The van der Waals surface area contributed by atoms with Gasteiger partial charge in [-0.1, -0.05) is 26.6 Å². The van der Waals surface area contributed by atoms with Crippen molar-refractivity contribution in [2.45, 2.75) is 31.7 Å². The molecule has 4 heteroatoms. The molecule has 0 bridgehead atoms. The molecule has 0 radical (unpaired) electrons. The van der Waals surface area contributed by atoms with Crippen molar-refractivity contribution in [2.75, 3.05) is 0 Å². The molecule has 0 aliphatic rings. The van der Waals surface area contributed by atoms with Crippen LogP contribution in [0.2, 0.25) is 24.8 Å². The molecule has 0 aromatic rings. The average Bonchev–Trinajstić information content (AvgIpc) is 1.62. The van der Waals surface area contributed by atoms with E-state index in [1.54, 1.807) is 0 Å². The second kappa shape index (κ2) is 3.42. The van der Waals surface area contributed by atoms with Crippen LogP contribution in [0.25, 0.3) is 0 Å². The van der Waals surface area contributed by atoms with Gasteiger partial charge in [0.05, 0.1) is 0 Å². The van der Waals surface area contributed by atoms with Gasteiger partial charge in [0.25, 0.3) is 0 Å². The van der Waals surface area contributed by atoms with Crippen LogP contribution in [0.3, 0.4) is 0 Å². The molecular formula is C5H14Cl2Si2. The lowest BCUT2D eigenvalue weighted by atomic mass is 10.9. The Morgan fingerprint density at radius 1 is 1.22 bits per heavy atom. The van der Waals surface area contributed by atoms with Gasteiger partial charge in [-0.05, 0) is 5.16 Å². The van der Waals surface area contributed by atoms with E-state index in [1.165, 1.54) is 0 Å². The normalized spacial score (nSPS) is 16.3. The van der Waals surface area contributed by atoms with Crippen LogP contribution in [-0.4, -0.2) is 15.5 Å². The lowest BCUT2D eigenvalue weighted by Crippen LogP contribution is -2.31. The molecule has 0 nitrogen and oxygen atoms in total. The molecular weight excluding hydrogens is 187 g/mol. The third-order valence-electron chi connectivity index (χ3n) is 1.74. The van der Waals surface area contributed by atoms with Gasteiger partial charge in [-0.15, -0.1) is 0 Å². The Morgan fingerprint density at radius 2 is 1.56 bits per heavy atom. The first-order valence-electron chi connectivity index (χ1n) is 3.14. The highest BCUT2D eigenvalue weighted by Crippen LogP contribution is 2.27. The molecule has 0 fully saturated rings. The number of halogens is 2. The zero-order valence-corrected chi connectivity index (χ0v) is 10.1. The van der Waals surface area contributed by atoms with Gasteiger partial charge in [0, 0.05) is 8.07 Å². The maximum atomic E-state index is 5.85. The molecule has 1 unspecified atom stereocenters. The molecule has 0 N–H and O–H groups in total. The number of rotatable bonds is 2. The first-order chi connectivity index (χ1) is 3.85. The zero-order chi connectivity index (χ0) is 7.65. The smallest absolute Gasteiger partial charge is 0.150 e. The molecule has 0 saturated carbocycles. The summed E-state index contributed by atoms with van der Waals surface area (Å²) in [7, 11) is -2.41. The molecule has 0 aliphatic heterocycles. The van der Waals surface area contributed by atoms with Crippen molar-refractivity contribution in [3.63, 3.8) is 0 Å². The quantitative estimate of drug-likeness (QED) is 0.476. The van der Waals surface area contributed by atoms with Crippen LogP contribution in [0, 0.1) is 0 Å². The lowest BCUT2D eigenvalue weighted by Gasteiger charge is -2.24. The summed E-state index contributed by atoms with van der Waals surface area (Å²) in [6, 6.07) is 0. The van der Waals surface area contributed by atoms with Crippen LogP contribution in [0.1, 0.15) is 6.92 Å². The molecule has 0 rings (SSSR count). The molecule has 0 aliphatic carbocycles. The van der Waals surface area contributed by atoms with Crippen LogP contribution < -0.4 is 0 Å². The summed E-state index contributed by atoms with van der Waals surface area (Å²) in [5, 5.41) is 0.626. The zero-order valence-electron chi connectivity index (χ0n) is 6.41. The van der Waals surface area contributed by atoms with E-state index < -0.39 is 15.5 Å². The van der Waals surface area contributed by atoms with Crippen LogP contribution >= 0.6 is 22.2 Å². The Labute approximate surface area is 69.6 Å². The van der Waals surface area contributed by atoms with Crippen LogP contribution in [0.15, 0.2) is 0 Å². The van der Waals surface area contributed by atoms with Gasteiger partial charge in [-0.2, -0.15) is 22.2 Å². The summed E-state index contributed by atoms with van der Waals surface area (Å²) in [5.41, 5.74) is 0. The highest BCUT2D eigenvalue weighted by atomic mass is 35.7. The first-order valence-corrected chi connectivity index (χ1v) is 10.9. The Balaban J connectivity index is 3.88. The predicted molar refractivity (Wildman–Crippen MR) is 51.6 cm³/mol. The van der Waals surface area contributed by atoms with Crippen molar-refractivity contribution in [2.24, 2.45) is 0 Å². The second-order valence-electron chi connectivity index (χ2n) is 3.49. The maximum Gasteiger partial charge on any atom is 0.237 e. The summed E-state index contributed by atoms with van der Waals surface area (Å²) in [4.78, 5) is 0. The molecule has 0 aromatic heterocycles. The van der Waals surface area contributed by atoms with E-state index in [2.05, 4.69) is 26.6 Å². The van der Waals surface area contributed by atoms with Gasteiger partial charge in [-0.25, -0.2) is 0 Å². The molecule has 0 saturated heterocycles. The van der Waals surface area contributed by atoms with E-state index in [0.29, 0.717) is 5.16 Å². The van der Waals surface area contributed by atoms with Crippen LogP contribution in [-0.2, 0) is 0 Å². The van der Waals surface area contributed by atoms with Crippen molar-refractivity contribution < 1.29 is 0 Å². The Morgan fingerprint density at radius 3 is 1.56 bits per heavy atom. The molecule has 1 atom stereocenters. The SMILES string of the molecule is CC([SiH](Cl)Cl)[Si](C)(C)C. The third kappa shape index (κ3) is 3.66. The van der Waals surface area contributed by atoms with Gasteiger partial charge in [0.15, 0.2) is 0 Å². The molecule has 9 heavy (non-hydrogen) atoms. The van der Waals surface area contributed by atoms with E-state index in [9.17, 15) is 0 Å². The Kier molecular flexibility index (Phi) is 3.80. The lowest BCUT2D eigenvalue weighted by molar-refractivity contribution is 1.24. The molecule has 56 valence electrons. The summed E-state index contributed by atoms with van der Waals surface area (Å²) in [6.07, 6.45) is 0. The molecule has 0 amide bonds. The Bertz CT molecular complexity index is 87.4. The van der Waals surface area contributed by atoms with Crippen LogP contribution in [0.4, 0.5) is 0 Å². The van der Waals surface area contributed by atoms with Crippen molar-refractivity contribution in [3.05, 3.63) is 0 Å². The van der Waals surface area contributed by atoms with Gasteiger partial charge in [0.2, 0.25) is 7.42 Å². The first kappa shape index (κ1) is 10.0. The second-order valence-corrected chi connectivity index (χ2v) is 15.0. The summed E-state index contributed by atoms with van der Waals surface area (Å²) in [6.45, 7) is 9.11. The predicted octanol–water partition coefficient (Wildman–Crippen LogP) is 2.95. The largest absolute Gasteiger partial charge is 0.237 e. The minimum Gasteiger partial charge on any atom is -0.150 e. The topological polar surface area (TPSA) is 0 Å². The minimum atomic E-state index is -1.38. The number of hydrogen-bond acceptors (Lipinski definition) is 0. The van der Waals surface area contributed by atoms with Gasteiger partial charge < -0.3 is 0 Å². The number of hydrogen-bond donors (Lipinski definition) is 0. The molecule has 0 heterocycles. The minimum absolute atomic E-state index is 0.626. The summed E-state index contributed by atoms with van der Waals surface area (Å²) in [5.74, 6) is 0. The molecule has 0 aromatic carbocycles. The third-order valence-corrected chi connectivity index (χ3v) is 12.8. The van der Waals surface area contributed by atoms with Crippen molar-refractivity contribution >= 4 is 37.6 Å². The molecule has 0 spiro atoms. The Hall–Kier alpha value is 1.01.